The largest absolute Gasteiger partial charge is 0.586 e. The summed E-state index contributed by atoms with van der Waals surface area (Å²) in [6.45, 7) is 0.944. The molecule has 2 amide bonds. The Balaban J connectivity index is 1.58. The standard InChI is InChI=1S/C15H16F2N2O5/c1-22-13(20)6-9-4-5-19(8-9)14(21)18-10-2-3-11-12(7-10)24-15(16,17)23-11/h2-3,7,9H,4-6,8H2,1H3,(H,18,21)/t9-/m1/s1. The molecule has 0 aliphatic carbocycles. The van der Waals surface area contributed by atoms with E-state index in [1.54, 1.807) is 4.90 Å². The molecule has 2 aliphatic heterocycles. The number of nitrogens with one attached hydrogen (secondary N) is 1. The van der Waals surface area contributed by atoms with Crippen molar-refractivity contribution in [2.45, 2.75) is 19.1 Å². The lowest BCUT2D eigenvalue weighted by atomic mass is 10.1. The molecule has 9 heteroatoms. The van der Waals surface area contributed by atoms with Crippen LogP contribution in [0.25, 0.3) is 0 Å². The van der Waals surface area contributed by atoms with E-state index in [1.165, 1.54) is 25.3 Å². The van der Waals surface area contributed by atoms with Gasteiger partial charge < -0.3 is 24.4 Å². The Hall–Kier alpha value is -2.58. The number of fused-ring (bicyclic) bond motifs is 1. The number of carbonyl (C=O) groups excluding carboxylic acids is 2. The van der Waals surface area contributed by atoms with Crippen LogP contribution in [-0.4, -0.2) is 43.4 Å². The van der Waals surface area contributed by atoms with Gasteiger partial charge in [-0.25, -0.2) is 4.79 Å². The second-order valence-corrected chi connectivity index (χ2v) is 5.64. The van der Waals surface area contributed by atoms with Gasteiger partial charge in [0.25, 0.3) is 0 Å². The summed E-state index contributed by atoms with van der Waals surface area (Å²) in [5, 5.41) is 2.62. The number of alkyl halides is 2. The number of carbonyl (C=O) groups is 2. The molecule has 24 heavy (non-hydrogen) atoms. The van der Waals surface area contributed by atoms with Crippen LogP contribution in [0.15, 0.2) is 18.2 Å². The van der Waals surface area contributed by atoms with Gasteiger partial charge in [-0.1, -0.05) is 0 Å². The van der Waals surface area contributed by atoms with Crippen LogP contribution in [0.5, 0.6) is 11.5 Å². The first kappa shape index (κ1) is 16.3. The number of hydrogen-bond donors (Lipinski definition) is 1. The molecule has 3 rings (SSSR count). The SMILES string of the molecule is COC(=O)C[C@H]1CCN(C(=O)Nc2ccc3c(c2)OC(F)(F)O3)C1. The van der Waals surface area contributed by atoms with Gasteiger partial charge in [0.15, 0.2) is 11.5 Å². The lowest BCUT2D eigenvalue weighted by Gasteiger charge is -2.17. The smallest absolute Gasteiger partial charge is 0.469 e. The lowest BCUT2D eigenvalue weighted by Crippen LogP contribution is -2.33. The van der Waals surface area contributed by atoms with Gasteiger partial charge in [-0.2, -0.15) is 0 Å². The minimum atomic E-state index is -3.69. The van der Waals surface area contributed by atoms with Gasteiger partial charge in [0.1, 0.15) is 0 Å². The number of anilines is 1. The van der Waals surface area contributed by atoms with Crippen LogP contribution in [0, 0.1) is 5.92 Å². The number of benzene rings is 1. The quantitative estimate of drug-likeness (QED) is 0.854. The third-order valence-electron chi connectivity index (χ3n) is 3.91. The second kappa shape index (κ2) is 6.14. The number of esters is 1. The molecule has 1 fully saturated rings. The average Bonchev–Trinajstić information content (AvgIpc) is 3.09. The van der Waals surface area contributed by atoms with Crippen LogP contribution in [0.1, 0.15) is 12.8 Å². The number of halogens is 2. The first-order valence-corrected chi connectivity index (χ1v) is 7.39. The summed E-state index contributed by atoms with van der Waals surface area (Å²) >= 11 is 0. The van der Waals surface area contributed by atoms with Crippen molar-refractivity contribution >= 4 is 17.7 Å². The molecule has 1 atom stereocenters. The van der Waals surface area contributed by atoms with Crippen LogP contribution < -0.4 is 14.8 Å². The summed E-state index contributed by atoms with van der Waals surface area (Å²) < 4.78 is 39.2. The average molecular weight is 342 g/mol. The summed E-state index contributed by atoms with van der Waals surface area (Å²) in [5.74, 6) is -0.474. The fourth-order valence-electron chi connectivity index (χ4n) is 2.73. The molecule has 1 aromatic carbocycles. The zero-order valence-corrected chi connectivity index (χ0v) is 12.9. The third kappa shape index (κ3) is 3.50. The maximum atomic E-state index is 13.0. The molecule has 1 saturated heterocycles. The number of urea groups is 1. The molecule has 7 nitrogen and oxygen atoms in total. The first-order valence-electron chi connectivity index (χ1n) is 7.39. The zero-order valence-electron chi connectivity index (χ0n) is 12.9. The zero-order chi connectivity index (χ0) is 17.3. The fraction of sp³-hybridized carbons (Fsp3) is 0.467. The van der Waals surface area contributed by atoms with E-state index >= 15 is 0 Å². The first-order chi connectivity index (χ1) is 11.4. The number of nitrogens with zero attached hydrogens (tertiary/aromatic N) is 1. The minimum absolute atomic E-state index is 0.0543. The van der Waals surface area contributed by atoms with Gasteiger partial charge in [-0.3, -0.25) is 4.79 Å². The molecule has 0 unspecified atom stereocenters. The molecule has 1 aromatic rings. The van der Waals surface area contributed by atoms with Crippen molar-refractivity contribution < 1.29 is 32.6 Å². The molecule has 1 N–H and O–H groups in total. The predicted octanol–water partition coefficient (Wildman–Crippen LogP) is 2.43. The second-order valence-electron chi connectivity index (χ2n) is 5.64. The highest BCUT2D eigenvalue weighted by Crippen LogP contribution is 2.42. The van der Waals surface area contributed by atoms with E-state index in [0.29, 0.717) is 25.2 Å². The highest BCUT2D eigenvalue weighted by atomic mass is 19.3. The van der Waals surface area contributed by atoms with Gasteiger partial charge in [0.05, 0.1) is 13.5 Å². The van der Waals surface area contributed by atoms with Crippen molar-refractivity contribution in [3.8, 4) is 11.5 Å². The Morgan fingerprint density at radius 1 is 1.38 bits per heavy atom. The fourth-order valence-corrected chi connectivity index (χ4v) is 2.73. The van der Waals surface area contributed by atoms with Crippen LogP contribution in [0.3, 0.4) is 0 Å². The number of ether oxygens (including phenoxy) is 3. The Morgan fingerprint density at radius 2 is 2.12 bits per heavy atom. The molecule has 0 aromatic heterocycles. The molecule has 2 aliphatic rings. The van der Waals surface area contributed by atoms with Crippen molar-refractivity contribution in [2.24, 2.45) is 5.92 Å². The van der Waals surface area contributed by atoms with Crippen LogP contribution in [0.4, 0.5) is 19.3 Å². The number of likely N-dealkylation sites (tertiary alicyclic amines) is 1. The van der Waals surface area contributed by atoms with E-state index in [9.17, 15) is 18.4 Å². The molecule has 0 saturated carbocycles. The van der Waals surface area contributed by atoms with Gasteiger partial charge >= 0.3 is 18.3 Å². The Bertz CT molecular complexity index is 667. The van der Waals surface area contributed by atoms with Gasteiger partial charge in [-0.05, 0) is 24.5 Å². The topological polar surface area (TPSA) is 77.1 Å². The molecule has 2 heterocycles. The van der Waals surface area contributed by atoms with Crippen molar-refractivity contribution in [2.75, 3.05) is 25.5 Å². The van der Waals surface area contributed by atoms with E-state index in [1.807, 2.05) is 0 Å². The van der Waals surface area contributed by atoms with Crippen molar-refractivity contribution in [3.63, 3.8) is 0 Å². The Morgan fingerprint density at radius 3 is 2.88 bits per heavy atom. The maximum absolute atomic E-state index is 13.0. The monoisotopic (exact) mass is 342 g/mol. The number of methoxy groups -OCH3 is 1. The summed E-state index contributed by atoms with van der Waals surface area (Å²) in [4.78, 5) is 25.1. The van der Waals surface area contributed by atoms with Crippen molar-refractivity contribution in [1.82, 2.24) is 4.90 Å². The molecular weight excluding hydrogens is 326 g/mol. The van der Waals surface area contributed by atoms with Gasteiger partial charge in [0, 0.05) is 24.8 Å². The van der Waals surface area contributed by atoms with Crippen LogP contribution >= 0.6 is 0 Å². The molecule has 130 valence electrons. The highest BCUT2D eigenvalue weighted by molar-refractivity contribution is 5.90. The van der Waals surface area contributed by atoms with Crippen LogP contribution in [-0.2, 0) is 9.53 Å². The number of hydrogen-bond acceptors (Lipinski definition) is 5. The summed E-state index contributed by atoms with van der Waals surface area (Å²) in [5.41, 5.74) is 0.316. The van der Waals surface area contributed by atoms with E-state index in [4.69, 9.17) is 0 Å². The summed E-state index contributed by atoms with van der Waals surface area (Å²) in [7, 11) is 1.32. The van der Waals surface area contributed by atoms with Gasteiger partial charge in [0.2, 0.25) is 0 Å². The normalized spacial score (nSPS) is 20.8. The van der Waals surface area contributed by atoms with Crippen molar-refractivity contribution in [3.05, 3.63) is 18.2 Å². The van der Waals surface area contributed by atoms with E-state index in [-0.39, 0.29) is 35.8 Å². The third-order valence-corrected chi connectivity index (χ3v) is 3.91. The molecule has 0 radical (unpaired) electrons. The Labute approximate surface area is 136 Å². The molecule has 0 spiro atoms. The summed E-state index contributed by atoms with van der Waals surface area (Å²) in [6, 6.07) is 3.66. The van der Waals surface area contributed by atoms with Crippen LogP contribution in [0.2, 0.25) is 0 Å². The van der Waals surface area contributed by atoms with Gasteiger partial charge in [-0.15, -0.1) is 8.78 Å². The molecular formula is C15H16F2N2O5. The Kier molecular flexibility index (Phi) is 4.16. The van der Waals surface area contributed by atoms with E-state index < -0.39 is 6.29 Å². The van der Waals surface area contributed by atoms with E-state index in [2.05, 4.69) is 19.5 Å². The number of amides is 2. The summed E-state index contributed by atoms with van der Waals surface area (Å²) in [6.07, 6.45) is -2.73. The minimum Gasteiger partial charge on any atom is -0.469 e. The maximum Gasteiger partial charge on any atom is 0.586 e. The van der Waals surface area contributed by atoms with Crippen molar-refractivity contribution in [1.29, 1.82) is 0 Å². The molecule has 0 bridgehead atoms. The van der Waals surface area contributed by atoms with E-state index in [0.717, 1.165) is 0 Å². The number of rotatable bonds is 3. The lowest BCUT2D eigenvalue weighted by molar-refractivity contribution is -0.286. The predicted molar refractivity (Wildman–Crippen MR) is 78.0 cm³/mol. The highest BCUT2D eigenvalue weighted by Gasteiger charge is 2.43.